The second kappa shape index (κ2) is 9.00. The van der Waals surface area contributed by atoms with Crippen LogP contribution < -0.4 is 5.73 Å². The van der Waals surface area contributed by atoms with Gasteiger partial charge >= 0.3 is 5.97 Å². The van der Waals surface area contributed by atoms with Crippen molar-refractivity contribution in [1.82, 2.24) is 0 Å². The average Bonchev–Trinajstić information content (AvgIpc) is 2.16. The van der Waals surface area contributed by atoms with Gasteiger partial charge in [0.2, 0.25) is 0 Å². The summed E-state index contributed by atoms with van der Waals surface area (Å²) < 4.78 is 5.12. The molecule has 0 bridgehead atoms. The minimum atomic E-state index is -0.0820. The van der Waals surface area contributed by atoms with E-state index in [1.807, 2.05) is 0 Å². The van der Waals surface area contributed by atoms with Crippen LogP contribution in [0.1, 0.15) is 46.0 Å². The standard InChI is InChI=1S/C11H23NO2/c1-3-6-10(2)9-14-11(13)7-4-5-8-12/h10H,3-9,12H2,1-2H3. The highest BCUT2D eigenvalue weighted by molar-refractivity contribution is 5.69. The molecule has 0 aliphatic heterocycles. The minimum Gasteiger partial charge on any atom is -0.465 e. The molecule has 0 radical (unpaired) electrons. The van der Waals surface area contributed by atoms with E-state index in [0.29, 0.717) is 25.5 Å². The van der Waals surface area contributed by atoms with E-state index in [4.69, 9.17) is 10.5 Å². The fraction of sp³-hybridized carbons (Fsp3) is 0.909. The van der Waals surface area contributed by atoms with Crippen molar-refractivity contribution in [2.24, 2.45) is 11.7 Å². The van der Waals surface area contributed by atoms with Gasteiger partial charge in [0.15, 0.2) is 0 Å². The van der Waals surface area contributed by atoms with Gasteiger partial charge < -0.3 is 10.5 Å². The Kier molecular flexibility index (Phi) is 8.64. The van der Waals surface area contributed by atoms with E-state index in [-0.39, 0.29) is 5.97 Å². The summed E-state index contributed by atoms with van der Waals surface area (Å²) in [7, 11) is 0. The molecule has 0 aromatic rings. The Bertz CT molecular complexity index is 148. The van der Waals surface area contributed by atoms with Gasteiger partial charge in [0.05, 0.1) is 6.61 Å². The molecule has 1 unspecified atom stereocenters. The summed E-state index contributed by atoms with van der Waals surface area (Å²) >= 11 is 0. The summed E-state index contributed by atoms with van der Waals surface area (Å²) in [6, 6.07) is 0. The van der Waals surface area contributed by atoms with Gasteiger partial charge in [-0.2, -0.15) is 0 Å². The Labute approximate surface area is 87.0 Å². The van der Waals surface area contributed by atoms with Gasteiger partial charge in [0.1, 0.15) is 0 Å². The number of ether oxygens (including phenoxy) is 1. The molecule has 3 heteroatoms. The van der Waals surface area contributed by atoms with Crippen molar-refractivity contribution in [3.8, 4) is 0 Å². The number of nitrogens with two attached hydrogens (primary N) is 1. The van der Waals surface area contributed by atoms with E-state index in [1.165, 1.54) is 0 Å². The first-order valence-corrected chi connectivity index (χ1v) is 5.56. The molecule has 0 saturated carbocycles. The molecule has 0 fully saturated rings. The van der Waals surface area contributed by atoms with Crippen LogP contribution >= 0.6 is 0 Å². The number of esters is 1. The van der Waals surface area contributed by atoms with Gasteiger partial charge in [-0.25, -0.2) is 0 Å². The molecular formula is C11H23NO2. The molecule has 14 heavy (non-hydrogen) atoms. The van der Waals surface area contributed by atoms with E-state index in [2.05, 4.69) is 13.8 Å². The predicted molar refractivity (Wildman–Crippen MR) is 57.9 cm³/mol. The Morgan fingerprint density at radius 2 is 2.14 bits per heavy atom. The molecule has 0 saturated heterocycles. The van der Waals surface area contributed by atoms with Gasteiger partial charge in [-0.3, -0.25) is 4.79 Å². The minimum absolute atomic E-state index is 0.0820. The molecule has 0 heterocycles. The Morgan fingerprint density at radius 1 is 1.43 bits per heavy atom. The van der Waals surface area contributed by atoms with E-state index in [9.17, 15) is 4.79 Å². The third-order valence-electron chi connectivity index (χ3n) is 2.15. The normalized spacial score (nSPS) is 12.5. The molecule has 0 aliphatic rings. The third-order valence-corrected chi connectivity index (χ3v) is 2.15. The van der Waals surface area contributed by atoms with Crippen molar-refractivity contribution < 1.29 is 9.53 Å². The zero-order chi connectivity index (χ0) is 10.8. The van der Waals surface area contributed by atoms with Crippen molar-refractivity contribution in [2.75, 3.05) is 13.2 Å². The maximum atomic E-state index is 11.2. The highest BCUT2D eigenvalue weighted by atomic mass is 16.5. The predicted octanol–water partition coefficient (Wildman–Crippen LogP) is 2.09. The van der Waals surface area contributed by atoms with Gasteiger partial charge in [0, 0.05) is 6.42 Å². The van der Waals surface area contributed by atoms with Crippen LogP contribution in [0.4, 0.5) is 0 Å². The lowest BCUT2D eigenvalue weighted by atomic mass is 10.1. The van der Waals surface area contributed by atoms with Gasteiger partial charge in [-0.05, 0) is 31.7 Å². The van der Waals surface area contributed by atoms with Crippen LogP contribution in [-0.2, 0) is 9.53 Å². The first-order valence-electron chi connectivity index (χ1n) is 5.56. The summed E-state index contributed by atoms with van der Waals surface area (Å²) in [5.41, 5.74) is 5.32. The zero-order valence-corrected chi connectivity index (χ0v) is 9.42. The van der Waals surface area contributed by atoms with Crippen molar-refractivity contribution in [3.05, 3.63) is 0 Å². The molecule has 84 valence electrons. The Morgan fingerprint density at radius 3 is 2.71 bits per heavy atom. The number of unbranched alkanes of at least 4 members (excludes halogenated alkanes) is 1. The summed E-state index contributed by atoms with van der Waals surface area (Å²) in [5.74, 6) is 0.403. The first kappa shape index (κ1) is 13.4. The molecule has 0 aromatic carbocycles. The number of hydrogen-bond acceptors (Lipinski definition) is 3. The highest BCUT2D eigenvalue weighted by Crippen LogP contribution is 2.06. The van der Waals surface area contributed by atoms with E-state index in [0.717, 1.165) is 25.7 Å². The van der Waals surface area contributed by atoms with Crippen LogP contribution in [0.2, 0.25) is 0 Å². The van der Waals surface area contributed by atoms with E-state index < -0.39 is 0 Å². The Hall–Kier alpha value is -0.570. The molecule has 0 aliphatic carbocycles. The van der Waals surface area contributed by atoms with Gasteiger partial charge in [0.25, 0.3) is 0 Å². The van der Waals surface area contributed by atoms with Crippen molar-refractivity contribution in [2.45, 2.75) is 46.0 Å². The van der Waals surface area contributed by atoms with Crippen LogP contribution in [0.5, 0.6) is 0 Å². The van der Waals surface area contributed by atoms with Gasteiger partial charge in [-0.1, -0.05) is 20.3 Å². The van der Waals surface area contributed by atoms with E-state index >= 15 is 0 Å². The molecule has 0 aromatic heterocycles. The zero-order valence-electron chi connectivity index (χ0n) is 9.42. The molecule has 1 atom stereocenters. The van der Waals surface area contributed by atoms with Crippen LogP contribution in [0.15, 0.2) is 0 Å². The maximum Gasteiger partial charge on any atom is 0.305 e. The third kappa shape index (κ3) is 8.05. The fourth-order valence-corrected chi connectivity index (χ4v) is 1.30. The van der Waals surface area contributed by atoms with Gasteiger partial charge in [-0.15, -0.1) is 0 Å². The van der Waals surface area contributed by atoms with Crippen LogP contribution in [0.3, 0.4) is 0 Å². The number of carbonyl (C=O) groups excluding carboxylic acids is 1. The second-order valence-electron chi connectivity index (χ2n) is 3.82. The summed E-state index contributed by atoms with van der Waals surface area (Å²) in [6.07, 6.45) is 4.52. The lowest BCUT2D eigenvalue weighted by molar-refractivity contribution is -0.145. The highest BCUT2D eigenvalue weighted by Gasteiger charge is 2.05. The molecular weight excluding hydrogens is 178 g/mol. The molecule has 0 spiro atoms. The average molecular weight is 201 g/mol. The maximum absolute atomic E-state index is 11.2. The lowest BCUT2D eigenvalue weighted by Crippen LogP contribution is -2.12. The topological polar surface area (TPSA) is 52.3 Å². The smallest absolute Gasteiger partial charge is 0.305 e. The number of rotatable bonds is 8. The molecule has 0 rings (SSSR count). The summed E-state index contributed by atoms with van der Waals surface area (Å²) in [5, 5.41) is 0. The summed E-state index contributed by atoms with van der Waals surface area (Å²) in [4.78, 5) is 11.2. The first-order chi connectivity index (χ1) is 6.70. The second-order valence-corrected chi connectivity index (χ2v) is 3.82. The molecule has 0 amide bonds. The molecule has 2 N–H and O–H groups in total. The number of carbonyl (C=O) groups is 1. The lowest BCUT2D eigenvalue weighted by Gasteiger charge is -2.10. The SMILES string of the molecule is CCCC(C)COC(=O)CCCCN. The number of hydrogen-bond donors (Lipinski definition) is 1. The van der Waals surface area contributed by atoms with E-state index in [1.54, 1.807) is 0 Å². The fourth-order valence-electron chi connectivity index (χ4n) is 1.30. The van der Waals surface area contributed by atoms with Crippen LogP contribution in [-0.4, -0.2) is 19.1 Å². The van der Waals surface area contributed by atoms with Crippen molar-refractivity contribution in [3.63, 3.8) is 0 Å². The van der Waals surface area contributed by atoms with Crippen molar-refractivity contribution >= 4 is 5.97 Å². The summed E-state index contributed by atoms with van der Waals surface area (Å²) in [6.45, 7) is 5.46. The Balaban J connectivity index is 3.34. The largest absolute Gasteiger partial charge is 0.465 e. The van der Waals surface area contributed by atoms with Crippen LogP contribution in [0, 0.1) is 5.92 Å². The van der Waals surface area contributed by atoms with Crippen LogP contribution in [0.25, 0.3) is 0 Å². The monoisotopic (exact) mass is 201 g/mol. The quantitative estimate of drug-likeness (QED) is 0.483. The van der Waals surface area contributed by atoms with Crippen molar-refractivity contribution in [1.29, 1.82) is 0 Å². The molecule has 3 nitrogen and oxygen atoms in total.